The highest BCUT2D eigenvalue weighted by molar-refractivity contribution is 6.07. The SMILES string of the molecule is COc1ccc2c(C(=O)N3CCCCC3)cn(-c3ccc4[nH]c(C)cc4c3F)c(=O)c2c1. The number of ether oxygens (including phenoxy) is 1. The van der Waals surface area contributed by atoms with Crippen molar-refractivity contribution in [3.05, 3.63) is 70.0 Å². The van der Waals surface area contributed by atoms with E-state index in [1.165, 1.54) is 17.9 Å². The lowest BCUT2D eigenvalue weighted by Crippen LogP contribution is -2.36. The van der Waals surface area contributed by atoms with Gasteiger partial charge in [0.15, 0.2) is 5.82 Å². The van der Waals surface area contributed by atoms with E-state index in [0.717, 1.165) is 25.0 Å². The smallest absolute Gasteiger partial charge is 0.263 e. The summed E-state index contributed by atoms with van der Waals surface area (Å²) in [7, 11) is 1.52. The molecular weight excluding hydrogens is 409 g/mol. The van der Waals surface area contributed by atoms with Crippen molar-refractivity contribution in [3.8, 4) is 11.4 Å². The number of nitrogens with one attached hydrogen (secondary N) is 1. The lowest BCUT2D eigenvalue weighted by atomic mass is 10.0. The summed E-state index contributed by atoms with van der Waals surface area (Å²) in [5.41, 5.74) is 1.57. The Bertz CT molecular complexity index is 1410. The van der Waals surface area contributed by atoms with Gasteiger partial charge in [0.05, 0.1) is 23.7 Å². The number of amides is 1. The first-order valence-corrected chi connectivity index (χ1v) is 10.8. The van der Waals surface area contributed by atoms with Crippen LogP contribution < -0.4 is 10.3 Å². The zero-order valence-corrected chi connectivity index (χ0v) is 18.1. The van der Waals surface area contributed by atoms with E-state index in [9.17, 15) is 9.59 Å². The molecule has 0 aliphatic carbocycles. The molecule has 1 saturated heterocycles. The number of carbonyl (C=O) groups excluding carboxylic acids is 1. The minimum absolute atomic E-state index is 0.110. The molecule has 0 saturated carbocycles. The van der Waals surface area contributed by atoms with E-state index in [4.69, 9.17) is 4.74 Å². The maximum absolute atomic E-state index is 15.5. The van der Waals surface area contributed by atoms with Crippen LogP contribution in [0.15, 0.2) is 47.4 Å². The van der Waals surface area contributed by atoms with Gasteiger partial charge in [-0.15, -0.1) is 0 Å². The highest BCUT2D eigenvalue weighted by Gasteiger charge is 2.23. The van der Waals surface area contributed by atoms with Crippen LogP contribution in [-0.4, -0.2) is 40.6 Å². The normalized spacial score (nSPS) is 14.3. The summed E-state index contributed by atoms with van der Waals surface area (Å²) in [5.74, 6) is -0.152. The number of hydrogen-bond acceptors (Lipinski definition) is 3. The van der Waals surface area contributed by atoms with E-state index in [-0.39, 0.29) is 11.6 Å². The second-order valence-corrected chi connectivity index (χ2v) is 8.29. The summed E-state index contributed by atoms with van der Waals surface area (Å²) >= 11 is 0. The van der Waals surface area contributed by atoms with Crippen molar-refractivity contribution < 1.29 is 13.9 Å². The van der Waals surface area contributed by atoms with Crippen LogP contribution in [0.4, 0.5) is 4.39 Å². The summed E-state index contributed by atoms with van der Waals surface area (Å²) < 4.78 is 22.0. The molecule has 2 aromatic carbocycles. The van der Waals surface area contributed by atoms with E-state index >= 15 is 4.39 Å². The quantitative estimate of drug-likeness (QED) is 0.515. The molecule has 3 heterocycles. The van der Waals surface area contributed by atoms with E-state index < -0.39 is 11.4 Å². The van der Waals surface area contributed by atoms with Gasteiger partial charge in [-0.2, -0.15) is 0 Å². The number of aromatic nitrogens is 2. The zero-order chi connectivity index (χ0) is 22.4. The van der Waals surface area contributed by atoms with Crippen LogP contribution in [0.1, 0.15) is 35.3 Å². The van der Waals surface area contributed by atoms with Crippen LogP contribution in [-0.2, 0) is 0 Å². The average Bonchev–Trinajstić information content (AvgIpc) is 3.21. The number of fused-ring (bicyclic) bond motifs is 2. The number of benzene rings is 2. The largest absolute Gasteiger partial charge is 0.497 e. The van der Waals surface area contributed by atoms with E-state index in [0.29, 0.717) is 46.1 Å². The Morgan fingerprint density at radius 2 is 1.81 bits per heavy atom. The number of hydrogen-bond donors (Lipinski definition) is 1. The zero-order valence-electron chi connectivity index (χ0n) is 18.1. The van der Waals surface area contributed by atoms with Crippen LogP contribution >= 0.6 is 0 Å². The van der Waals surface area contributed by atoms with Crippen molar-refractivity contribution in [2.45, 2.75) is 26.2 Å². The van der Waals surface area contributed by atoms with Gasteiger partial charge in [0.2, 0.25) is 0 Å². The Morgan fingerprint density at radius 3 is 2.56 bits per heavy atom. The molecule has 2 aromatic heterocycles. The Kier molecular flexibility index (Phi) is 4.96. The highest BCUT2D eigenvalue weighted by atomic mass is 19.1. The van der Waals surface area contributed by atoms with Crippen molar-refractivity contribution in [1.82, 2.24) is 14.5 Å². The molecule has 5 rings (SSSR count). The number of piperidine rings is 1. The standard InChI is InChI=1S/C25H24FN3O3/c1-15-12-19-21(27-15)8-9-22(23(19)26)29-14-20(24(30)28-10-4-3-5-11-28)17-7-6-16(32-2)13-18(17)25(29)31/h6-9,12-14,27H,3-5,10-11H2,1-2H3. The third-order valence-corrected chi connectivity index (χ3v) is 6.21. The molecule has 164 valence electrons. The molecule has 6 nitrogen and oxygen atoms in total. The van der Waals surface area contributed by atoms with Gasteiger partial charge in [0.1, 0.15) is 5.75 Å². The summed E-state index contributed by atoms with van der Waals surface area (Å²) in [5, 5.41) is 1.26. The summed E-state index contributed by atoms with van der Waals surface area (Å²) in [6.45, 7) is 3.21. The first kappa shape index (κ1) is 20.3. The van der Waals surface area contributed by atoms with Crippen LogP contribution in [0, 0.1) is 12.7 Å². The minimum Gasteiger partial charge on any atom is -0.497 e. The molecule has 4 aromatic rings. The summed E-state index contributed by atoms with van der Waals surface area (Å²) in [6.07, 6.45) is 4.49. The van der Waals surface area contributed by atoms with Gasteiger partial charge in [-0.25, -0.2) is 4.39 Å². The lowest BCUT2D eigenvalue weighted by Gasteiger charge is -2.27. The van der Waals surface area contributed by atoms with Gasteiger partial charge < -0.3 is 14.6 Å². The first-order chi connectivity index (χ1) is 15.5. The molecule has 1 amide bonds. The van der Waals surface area contributed by atoms with Gasteiger partial charge in [0, 0.05) is 41.3 Å². The molecule has 0 atom stereocenters. The van der Waals surface area contributed by atoms with Crippen molar-refractivity contribution in [2.24, 2.45) is 0 Å². The van der Waals surface area contributed by atoms with Crippen molar-refractivity contribution in [3.63, 3.8) is 0 Å². The molecule has 0 radical (unpaired) electrons. The number of methoxy groups -OCH3 is 1. The molecule has 1 aliphatic rings. The monoisotopic (exact) mass is 433 g/mol. The maximum Gasteiger partial charge on any atom is 0.263 e. The van der Waals surface area contributed by atoms with E-state index in [1.807, 2.05) is 11.8 Å². The highest BCUT2D eigenvalue weighted by Crippen LogP contribution is 2.28. The topological polar surface area (TPSA) is 67.3 Å². The third-order valence-electron chi connectivity index (χ3n) is 6.21. The number of aromatic amines is 1. The van der Waals surface area contributed by atoms with Gasteiger partial charge in [0.25, 0.3) is 11.5 Å². The fraction of sp³-hybridized carbons (Fsp3) is 0.280. The molecule has 0 spiro atoms. The number of pyridine rings is 1. The number of halogens is 1. The summed E-state index contributed by atoms with van der Waals surface area (Å²) in [6, 6.07) is 10.1. The first-order valence-electron chi connectivity index (χ1n) is 10.8. The van der Waals surface area contributed by atoms with Crippen molar-refractivity contribution >= 4 is 27.6 Å². The second-order valence-electron chi connectivity index (χ2n) is 8.29. The molecule has 0 bridgehead atoms. The van der Waals surface area contributed by atoms with Crippen LogP contribution in [0.25, 0.3) is 27.4 Å². The van der Waals surface area contributed by atoms with Crippen molar-refractivity contribution in [1.29, 1.82) is 0 Å². The number of H-pyrrole nitrogens is 1. The Hall–Kier alpha value is -3.61. The fourth-order valence-electron chi connectivity index (χ4n) is 4.55. The predicted octanol–water partition coefficient (Wildman–Crippen LogP) is 4.55. The van der Waals surface area contributed by atoms with E-state index in [2.05, 4.69) is 4.98 Å². The van der Waals surface area contributed by atoms with Crippen LogP contribution in [0.2, 0.25) is 0 Å². The Morgan fingerprint density at radius 1 is 1.03 bits per heavy atom. The number of nitrogens with zero attached hydrogens (tertiary/aromatic N) is 2. The second kappa shape index (κ2) is 7.82. The minimum atomic E-state index is -0.507. The fourth-order valence-corrected chi connectivity index (χ4v) is 4.55. The molecule has 7 heteroatoms. The number of rotatable bonds is 3. The van der Waals surface area contributed by atoms with Gasteiger partial charge in [-0.05, 0) is 62.6 Å². The number of likely N-dealkylation sites (tertiary alicyclic amines) is 1. The molecule has 1 N–H and O–H groups in total. The maximum atomic E-state index is 15.5. The Balaban J connectivity index is 1.77. The number of carbonyl (C=O) groups is 1. The average molecular weight is 433 g/mol. The number of aryl methyl sites for hydroxylation is 1. The molecule has 1 fully saturated rings. The van der Waals surface area contributed by atoms with Gasteiger partial charge in [-0.1, -0.05) is 0 Å². The van der Waals surface area contributed by atoms with Crippen LogP contribution in [0.3, 0.4) is 0 Å². The molecule has 0 unspecified atom stereocenters. The molecule has 1 aliphatic heterocycles. The summed E-state index contributed by atoms with van der Waals surface area (Å²) in [4.78, 5) is 31.8. The van der Waals surface area contributed by atoms with Gasteiger partial charge in [-0.3, -0.25) is 14.2 Å². The van der Waals surface area contributed by atoms with Crippen molar-refractivity contribution in [2.75, 3.05) is 20.2 Å². The van der Waals surface area contributed by atoms with Crippen LogP contribution in [0.5, 0.6) is 5.75 Å². The predicted molar refractivity (Wildman–Crippen MR) is 122 cm³/mol. The van der Waals surface area contributed by atoms with E-state index in [1.54, 1.807) is 36.4 Å². The third kappa shape index (κ3) is 3.25. The Labute approximate surface area is 184 Å². The van der Waals surface area contributed by atoms with Gasteiger partial charge >= 0.3 is 0 Å². The lowest BCUT2D eigenvalue weighted by molar-refractivity contribution is 0.0725. The molecule has 32 heavy (non-hydrogen) atoms. The molecular formula is C25H24FN3O3.